The second-order valence-corrected chi connectivity index (χ2v) is 3.85. The van der Waals surface area contributed by atoms with E-state index in [9.17, 15) is 0 Å². The molecule has 1 saturated heterocycles. The average Bonchev–Trinajstić information content (AvgIpc) is 2.19. The lowest BCUT2D eigenvalue weighted by molar-refractivity contribution is 0.273. The fourth-order valence-electron chi connectivity index (χ4n) is 1.80. The van der Waals surface area contributed by atoms with Crippen LogP contribution in [0.4, 0.5) is 5.69 Å². The minimum atomic E-state index is 1.06. The lowest BCUT2D eigenvalue weighted by Gasteiger charge is -2.27. The van der Waals surface area contributed by atoms with Gasteiger partial charge in [0, 0.05) is 25.0 Å². The summed E-state index contributed by atoms with van der Waals surface area (Å²) in [6.45, 7) is 4.32. The van der Waals surface area contributed by atoms with Gasteiger partial charge in [-0.05, 0) is 31.9 Å². The van der Waals surface area contributed by atoms with Gasteiger partial charge in [-0.15, -0.1) is 0 Å². The Labute approximate surface area is 85.1 Å². The van der Waals surface area contributed by atoms with Gasteiger partial charge in [0.05, 0.1) is 5.69 Å². The molecule has 0 spiro atoms. The SMILES string of the molecule is Cc1cc(NN2CCCCC2)ccn1. The van der Waals surface area contributed by atoms with Gasteiger partial charge in [0.25, 0.3) is 0 Å². The van der Waals surface area contributed by atoms with Gasteiger partial charge in [-0.3, -0.25) is 4.98 Å². The van der Waals surface area contributed by atoms with E-state index in [1.807, 2.05) is 19.2 Å². The Morgan fingerprint density at radius 2 is 2.07 bits per heavy atom. The topological polar surface area (TPSA) is 28.2 Å². The molecule has 0 bridgehead atoms. The van der Waals surface area contributed by atoms with Gasteiger partial charge in [-0.2, -0.15) is 0 Å². The summed E-state index contributed by atoms with van der Waals surface area (Å²) >= 11 is 0. The second-order valence-electron chi connectivity index (χ2n) is 3.85. The number of piperidine rings is 1. The van der Waals surface area contributed by atoms with Crippen molar-refractivity contribution in [3.63, 3.8) is 0 Å². The summed E-state index contributed by atoms with van der Waals surface area (Å²) in [6, 6.07) is 4.09. The zero-order valence-electron chi connectivity index (χ0n) is 8.66. The smallest absolute Gasteiger partial charge is 0.0523 e. The highest BCUT2D eigenvalue weighted by Crippen LogP contribution is 2.12. The molecule has 1 aliphatic heterocycles. The molecule has 1 aliphatic rings. The quantitative estimate of drug-likeness (QED) is 0.776. The molecular weight excluding hydrogens is 174 g/mol. The van der Waals surface area contributed by atoms with Crippen molar-refractivity contribution in [2.24, 2.45) is 0 Å². The number of hydrogen-bond donors (Lipinski definition) is 1. The third kappa shape index (κ3) is 2.45. The van der Waals surface area contributed by atoms with Crippen LogP contribution < -0.4 is 5.43 Å². The van der Waals surface area contributed by atoms with Crippen molar-refractivity contribution >= 4 is 5.69 Å². The van der Waals surface area contributed by atoms with E-state index in [0.29, 0.717) is 0 Å². The fraction of sp³-hybridized carbons (Fsp3) is 0.545. The molecule has 0 saturated carbocycles. The molecule has 2 heterocycles. The van der Waals surface area contributed by atoms with E-state index >= 15 is 0 Å². The molecule has 0 unspecified atom stereocenters. The zero-order chi connectivity index (χ0) is 9.80. The van der Waals surface area contributed by atoms with Gasteiger partial charge in [-0.1, -0.05) is 6.42 Å². The van der Waals surface area contributed by atoms with E-state index in [-0.39, 0.29) is 0 Å². The monoisotopic (exact) mass is 191 g/mol. The highest BCUT2D eigenvalue weighted by molar-refractivity contribution is 5.41. The summed E-state index contributed by atoms with van der Waals surface area (Å²) in [5.41, 5.74) is 5.63. The lowest BCUT2D eigenvalue weighted by Crippen LogP contribution is -2.34. The molecule has 0 amide bonds. The maximum Gasteiger partial charge on any atom is 0.0523 e. The normalized spacial score (nSPS) is 18.1. The standard InChI is InChI=1S/C11H17N3/c1-10-9-11(5-6-12-10)13-14-7-3-2-4-8-14/h5-6,9H,2-4,7-8H2,1H3,(H,12,13). The summed E-state index contributed by atoms with van der Waals surface area (Å²) in [5.74, 6) is 0. The Hall–Kier alpha value is -1.09. The molecule has 1 N–H and O–H groups in total. The van der Waals surface area contributed by atoms with Gasteiger partial charge < -0.3 is 5.43 Å². The van der Waals surface area contributed by atoms with Crippen LogP contribution in [-0.4, -0.2) is 23.1 Å². The van der Waals surface area contributed by atoms with Gasteiger partial charge in [-0.25, -0.2) is 5.01 Å². The predicted octanol–water partition coefficient (Wildman–Crippen LogP) is 2.20. The van der Waals surface area contributed by atoms with Crippen molar-refractivity contribution in [2.45, 2.75) is 26.2 Å². The van der Waals surface area contributed by atoms with Crippen molar-refractivity contribution in [1.82, 2.24) is 9.99 Å². The molecule has 0 radical (unpaired) electrons. The number of hydrazine groups is 1. The van der Waals surface area contributed by atoms with Gasteiger partial charge >= 0.3 is 0 Å². The van der Waals surface area contributed by atoms with E-state index in [0.717, 1.165) is 24.5 Å². The molecule has 1 fully saturated rings. The number of nitrogens with one attached hydrogen (secondary N) is 1. The number of rotatable bonds is 2. The Morgan fingerprint density at radius 3 is 2.79 bits per heavy atom. The molecule has 3 nitrogen and oxygen atoms in total. The van der Waals surface area contributed by atoms with Crippen molar-refractivity contribution < 1.29 is 0 Å². The molecule has 0 aliphatic carbocycles. The number of anilines is 1. The number of aryl methyl sites for hydroxylation is 1. The van der Waals surface area contributed by atoms with Gasteiger partial charge in [0.15, 0.2) is 0 Å². The molecule has 2 rings (SSSR count). The highest BCUT2D eigenvalue weighted by Gasteiger charge is 2.09. The molecule has 3 heteroatoms. The summed E-state index contributed by atoms with van der Waals surface area (Å²) in [6.07, 6.45) is 5.82. The molecule has 0 atom stereocenters. The van der Waals surface area contributed by atoms with Crippen LogP contribution in [0.15, 0.2) is 18.3 Å². The number of pyridine rings is 1. The predicted molar refractivity (Wildman–Crippen MR) is 58.0 cm³/mol. The van der Waals surface area contributed by atoms with Crippen molar-refractivity contribution in [3.8, 4) is 0 Å². The van der Waals surface area contributed by atoms with E-state index in [1.54, 1.807) is 0 Å². The van der Waals surface area contributed by atoms with Crippen LogP contribution in [0.3, 0.4) is 0 Å². The number of aromatic nitrogens is 1. The van der Waals surface area contributed by atoms with Crippen LogP contribution in [0.2, 0.25) is 0 Å². The summed E-state index contributed by atoms with van der Waals surface area (Å²) < 4.78 is 0. The minimum Gasteiger partial charge on any atom is -0.319 e. The lowest BCUT2D eigenvalue weighted by atomic mass is 10.2. The molecule has 1 aromatic heterocycles. The van der Waals surface area contributed by atoms with Crippen LogP contribution >= 0.6 is 0 Å². The van der Waals surface area contributed by atoms with Gasteiger partial charge in [0.1, 0.15) is 0 Å². The Kier molecular flexibility index (Phi) is 2.99. The minimum absolute atomic E-state index is 1.06. The van der Waals surface area contributed by atoms with E-state index in [2.05, 4.69) is 21.5 Å². The maximum atomic E-state index is 4.17. The van der Waals surface area contributed by atoms with Crippen LogP contribution in [0, 0.1) is 6.92 Å². The molecular formula is C11H17N3. The Bertz CT molecular complexity index is 292. The van der Waals surface area contributed by atoms with Crippen LogP contribution in [0.5, 0.6) is 0 Å². The van der Waals surface area contributed by atoms with Gasteiger partial charge in [0.2, 0.25) is 0 Å². The molecule has 14 heavy (non-hydrogen) atoms. The first kappa shape index (κ1) is 9.46. The average molecular weight is 191 g/mol. The third-order valence-electron chi connectivity index (χ3n) is 2.54. The Balaban J connectivity index is 1.95. The second kappa shape index (κ2) is 4.42. The van der Waals surface area contributed by atoms with E-state index < -0.39 is 0 Å². The Morgan fingerprint density at radius 1 is 1.29 bits per heavy atom. The largest absolute Gasteiger partial charge is 0.319 e. The van der Waals surface area contributed by atoms with Crippen LogP contribution in [0.1, 0.15) is 25.0 Å². The van der Waals surface area contributed by atoms with E-state index in [1.165, 1.54) is 19.3 Å². The summed E-state index contributed by atoms with van der Waals surface area (Å²) in [5, 5.41) is 2.29. The molecule has 76 valence electrons. The maximum absolute atomic E-state index is 4.17. The molecule has 0 aromatic carbocycles. The first-order valence-electron chi connectivity index (χ1n) is 5.29. The van der Waals surface area contributed by atoms with E-state index in [4.69, 9.17) is 0 Å². The number of hydrogen-bond acceptors (Lipinski definition) is 3. The van der Waals surface area contributed by atoms with Crippen molar-refractivity contribution in [1.29, 1.82) is 0 Å². The summed E-state index contributed by atoms with van der Waals surface area (Å²) in [7, 11) is 0. The summed E-state index contributed by atoms with van der Waals surface area (Å²) in [4.78, 5) is 4.17. The molecule has 1 aromatic rings. The first-order valence-corrected chi connectivity index (χ1v) is 5.29. The van der Waals surface area contributed by atoms with Crippen LogP contribution in [-0.2, 0) is 0 Å². The third-order valence-corrected chi connectivity index (χ3v) is 2.54. The zero-order valence-corrected chi connectivity index (χ0v) is 8.66. The van der Waals surface area contributed by atoms with Crippen molar-refractivity contribution in [2.75, 3.05) is 18.5 Å². The van der Waals surface area contributed by atoms with Crippen molar-refractivity contribution in [3.05, 3.63) is 24.0 Å². The number of nitrogens with zero attached hydrogens (tertiary/aromatic N) is 2. The first-order chi connectivity index (χ1) is 6.84. The van der Waals surface area contributed by atoms with Crippen LogP contribution in [0.25, 0.3) is 0 Å². The highest BCUT2D eigenvalue weighted by atomic mass is 15.5. The fourth-order valence-corrected chi connectivity index (χ4v) is 1.80.